The van der Waals surface area contributed by atoms with Crippen LogP contribution in [0.5, 0.6) is 5.75 Å². The van der Waals surface area contributed by atoms with Crippen molar-refractivity contribution in [2.45, 2.75) is 53.4 Å². The van der Waals surface area contributed by atoms with Gasteiger partial charge >= 0.3 is 0 Å². The second-order valence-corrected chi connectivity index (χ2v) is 9.27. The summed E-state index contributed by atoms with van der Waals surface area (Å²) in [5.41, 5.74) is 2.77. The van der Waals surface area contributed by atoms with Gasteiger partial charge in [0.1, 0.15) is 11.4 Å². The molecule has 0 aliphatic carbocycles. The molecule has 0 radical (unpaired) electrons. The summed E-state index contributed by atoms with van der Waals surface area (Å²) in [6.07, 6.45) is 0. The molecule has 0 fully saturated rings. The zero-order chi connectivity index (χ0) is 23.3. The summed E-state index contributed by atoms with van der Waals surface area (Å²) in [6, 6.07) is 17.7. The molecule has 6 heteroatoms. The first-order valence-corrected chi connectivity index (χ1v) is 11.2. The van der Waals surface area contributed by atoms with Crippen molar-refractivity contribution in [2.24, 2.45) is 5.92 Å². The Morgan fingerprint density at radius 2 is 1.88 bits per heavy atom. The van der Waals surface area contributed by atoms with Crippen molar-refractivity contribution >= 4 is 17.4 Å². The molecule has 0 amide bonds. The number of nitrogens with zero attached hydrogens (tertiary/aromatic N) is 2. The lowest BCUT2D eigenvalue weighted by molar-refractivity contribution is -0.139. The van der Waals surface area contributed by atoms with Crippen LogP contribution in [0.25, 0.3) is 11.3 Å². The van der Waals surface area contributed by atoms with E-state index in [9.17, 15) is 4.79 Å². The van der Waals surface area contributed by atoms with E-state index in [1.54, 1.807) is 13.8 Å². The predicted molar refractivity (Wildman–Crippen MR) is 128 cm³/mol. The van der Waals surface area contributed by atoms with Crippen LogP contribution in [0.3, 0.4) is 0 Å². The maximum atomic E-state index is 11.8. The third kappa shape index (κ3) is 6.21. The van der Waals surface area contributed by atoms with Crippen LogP contribution < -0.4 is 4.74 Å². The quantitative estimate of drug-likeness (QED) is 0.367. The van der Waals surface area contributed by atoms with E-state index >= 15 is 0 Å². The molecule has 0 unspecified atom stereocenters. The van der Waals surface area contributed by atoms with Gasteiger partial charge in [-0.1, -0.05) is 55.8 Å². The molecule has 32 heavy (non-hydrogen) atoms. The maximum Gasteiger partial charge on any atom is 0.161 e. The third-order valence-electron chi connectivity index (χ3n) is 5.25. The number of hydrogen-bond acceptors (Lipinski definition) is 4. The van der Waals surface area contributed by atoms with E-state index in [0.717, 1.165) is 28.3 Å². The number of aromatic nitrogens is 2. The molecule has 1 heterocycles. The molecule has 170 valence electrons. The van der Waals surface area contributed by atoms with Crippen molar-refractivity contribution < 1.29 is 14.3 Å². The Bertz CT molecular complexity index is 1070. The molecule has 0 bridgehead atoms. The zero-order valence-electron chi connectivity index (χ0n) is 19.4. The zero-order valence-corrected chi connectivity index (χ0v) is 20.1. The lowest BCUT2D eigenvalue weighted by Gasteiger charge is -2.21. The van der Waals surface area contributed by atoms with Crippen LogP contribution in [0.4, 0.5) is 0 Å². The Labute approximate surface area is 195 Å². The van der Waals surface area contributed by atoms with Crippen molar-refractivity contribution in [3.05, 3.63) is 70.9 Å². The van der Waals surface area contributed by atoms with E-state index in [2.05, 4.69) is 13.8 Å². The van der Waals surface area contributed by atoms with Crippen LogP contribution in [-0.4, -0.2) is 27.8 Å². The number of hydrogen-bond donors (Lipinski definition) is 0. The summed E-state index contributed by atoms with van der Waals surface area (Å²) in [6.45, 7) is 10.7. The molecule has 2 aromatic carbocycles. The van der Waals surface area contributed by atoms with Crippen LogP contribution in [0, 0.1) is 5.92 Å². The average Bonchev–Trinajstić information content (AvgIpc) is 3.15. The number of rotatable bonds is 10. The van der Waals surface area contributed by atoms with Crippen LogP contribution in [-0.2, 0) is 22.7 Å². The first-order valence-electron chi connectivity index (χ1n) is 10.8. The van der Waals surface area contributed by atoms with Gasteiger partial charge in [-0.15, -0.1) is 0 Å². The Balaban J connectivity index is 1.94. The fraction of sp³-hybridized carbons (Fsp3) is 0.385. The largest absolute Gasteiger partial charge is 0.493 e. The Morgan fingerprint density at radius 3 is 2.56 bits per heavy atom. The van der Waals surface area contributed by atoms with Gasteiger partial charge in [0, 0.05) is 10.6 Å². The minimum Gasteiger partial charge on any atom is -0.493 e. The first-order chi connectivity index (χ1) is 15.2. The number of carbonyl (C=O) groups excluding carboxylic acids is 1. The number of benzene rings is 2. The highest BCUT2D eigenvalue weighted by molar-refractivity contribution is 6.31. The Kier molecular flexibility index (Phi) is 7.75. The summed E-state index contributed by atoms with van der Waals surface area (Å²) in [5, 5.41) is 5.46. The molecule has 0 aliphatic heterocycles. The highest BCUT2D eigenvalue weighted by Gasteiger charge is 2.25. The lowest BCUT2D eigenvalue weighted by Crippen LogP contribution is -2.32. The van der Waals surface area contributed by atoms with Gasteiger partial charge in [0.15, 0.2) is 5.78 Å². The molecule has 1 aromatic heterocycles. The van der Waals surface area contributed by atoms with Crippen molar-refractivity contribution in [1.29, 1.82) is 0 Å². The van der Waals surface area contributed by atoms with Crippen molar-refractivity contribution in [2.75, 3.05) is 6.61 Å². The number of ketones is 1. The molecule has 3 rings (SSSR count). The SMILES string of the molecule is CC(=O)C(C)(C)OCc1cc(-c2cccc(OCC(C)C)c2)n(Cc2ccccc2Cl)n1. The van der Waals surface area contributed by atoms with E-state index < -0.39 is 5.60 Å². The summed E-state index contributed by atoms with van der Waals surface area (Å²) >= 11 is 6.41. The number of ether oxygens (including phenoxy) is 2. The van der Waals surface area contributed by atoms with Gasteiger partial charge in [-0.2, -0.15) is 5.10 Å². The molecule has 0 saturated heterocycles. The van der Waals surface area contributed by atoms with Gasteiger partial charge in [0.2, 0.25) is 0 Å². The third-order valence-corrected chi connectivity index (χ3v) is 5.62. The second kappa shape index (κ2) is 10.3. The highest BCUT2D eigenvalue weighted by Crippen LogP contribution is 2.28. The normalized spacial score (nSPS) is 11.7. The Morgan fingerprint density at radius 1 is 1.12 bits per heavy atom. The summed E-state index contributed by atoms with van der Waals surface area (Å²) < 4.78 is 13.7. The van der Waals surface area contributed by atoms with Crippen LogP contribution in [0.15, 0.2) is 54.6 Å². The minimum atomic E-state index is -0.864. The molecule has 0 saturated carbocycles. The molecular formula is C26H31ClN2O3. The highest BCUT2D eigenvalue weighted by atomic mass is 35.5. The summed E-state index contributed by atoms with van der Waals surface area (Å²) in [4.78, 5) is 11.8. The van der Waals surface area contributed by atoms with E-state index in [-0.39, 0.29) is 12.4 Å². The van der Waals surface area contributed by atoms with Crippen molar-refractivity contribution in [1.82, 2.24) is 9.78 Å². The van der Waals surface area contributed by atoms with Crippen molar-refractivity contribution in [3.63, 3.8) is 0 Å². The summed E-state index contributed by atoms with van der Waals surface area (Å²) in [5.74, 6) is 1.23. The van der Waals surface area contributed by atoms with E-state index in [1.165, 1.54) is 6.92 Å². The molecule has 3 aromatic rings. The molecule has 5 nitrogen and oxygen atoms in total. The van der Waals surface area contributed by atoms with Gasteiger partial charge in [-0.05, 0) is 56.5 Å². The van der Waals surface area contributed by atoms with E-state index in [1.807, 2.05) is 59.3 Å². The number of Topliss-reactive ketones (excluding diaryl/α,β-unsaturated/α-hetero) is 1. The molecule has 0 spiro atoms. The van der Waals surface area contributed by atoms with Crippen LogP contribution in [0.1, 0.15) is 45.9 Å². The lowest BCUT2D eigenvalue weighted by atomic mass is 10.1. The van der Waals surface area contributed by atoms with Gasteiger partial charge in [-0.25, -0.2) is 0 Å². The molecule has 0 atom stereocenters. The van der Waals surface area contributed by atoms with E-state index in [4.69, 9.17) is 26.2 Å². The summed E-state index contributed by atoms with van der Waals surface area (Å²) in [7, 11) is 0. The molecular weight excluding hydrogens is 424 g/mol. The Hall–Kier alpha value is -2.63. The smallest absolute Gasteiger partial charge is 0.161 e. The fourth-order valence-electron chi connectivity index (χ4n) is 3.05. The molecule has 0 aliphatic rings. The minimum absolute atomic E-state index is 0.0248. The predicted octanol–water partition coefficient (Wildman–Crippen LogP) is 6.17. The first kappa shape index (κ1) is 24.0. The standard InChI is InChI=1S/C26H31ClN2O3/c1-18(2)16-31-23-11-8-10-20(13-23)25-14-22(17-32-26(4,5)19(3)30)28-29(25)15-21-9-6-7-12-24(21)27/h6-14,18H,15-17H2,1-5H3. The second-order valence-electron chi connectivity index (χ2n) is 8.86. The van der Waals surface area contributed by atoms with Gasteiger partial charge in [0.25, 0.3) is 0 Å². The monoisotopic (exact) mass is 454 g/mol. The number of halogens is 1. The number of carbonyl (C=O) groups is 1. The molecule has 0 N–H and O–H groups in total. The van der Waals surface area contributed by atoms with Crippen LogP contribution in [0.2, 0.25) is 5.02 Å². The van der Waals surface area contributed by atoms with Gasteiger partial charge in [0.05, 0.1) is 31.1 Å². The van der Waals surface area contributed by atoms with Gasteiger partial charge < -0.3 is 9.47 Å². The maximum absolute atomic E-state index is 11.8. The van der Waals surface area contributed by atoms with Crippen LogP contribution >= 0.6 is 11.6 Å². The average molecular weight is 455 g/mol. The van der Waals surface area contributed by atoms with Gasteiger partial charge in [-0.3, -0.25) is 9.48 Å². The van der Waals surface area contributed by atoms with E-state index in [0.29, 0.717) is 24.1 Å². The topological polar surface area (TPSA) is 53.4 Å². The fourth-order valence-corrected chi connectivity index (χ4v) is 3.24. The van der Waals surface area contributed by atoms with Crippen molar-refractivity contribution in [3.8, 4) is 17.0 Å².